The fraction of sp³-hybridized carbons (Fsp3) is 0.647. The van der Waals surface area contributed by atoms with Crippen LogP contribution in [0, 0.1) is 0 Å². The van der Waals surface area contributed by atoms with E-state index in [0.29, 0.717) is 0 Å². The van der Waals surface area contributed by atoms with Gasteiger partial charge in [-0.3, -0.25) is 4.90 Å². The Balaban J connectivity index is 1.75. The molecule has 0 aromatic heterocycles. The number of piperazine rings is 1. The van der Waals surface area contributed by atoms with Gasteiger partial charge in [0.25, 0.3) is 0 Å². The van der Waals surface area contributed by atoms with Gasteiger partial charge in [0.1, 0.15) is 0 Å². The lowest BCUT2D eigenvalue weighted by molar-refractivity contribution is 0.139. The van der Waals surface area contributed by atoms with Gasteiger partial charge in [0.15, 0.2) is 0 Å². The van der Waals surface area contributed by atoms with Crippen LogP contribution in [0.1, 0.15) is 32.3 Å². The maximum Gasteiger partial charge on any atom is 0.0412 e. The van der Waals surface area contributed by atoms with Crippen LogP contribution >= 0.6 is 0 Å². The minimum Gasteiger partial charge on any atom is -0.368 e. The molecule has 0 atom stereocenters. The fourth-order valence-corrected chi connectivity index (χ4v) is 2.96. The lowest BCUT2D eigenvalue weighted by Crippen LogP contribution is -2.57. The van der Waals surface area contributed by atoms with Crippen LogP contribution < -0.4 is 10.2 Å². The van der Waals surface area contributed by atoms with Crippen molar-refractivity contribution in [3.63, 3.8) is 0 Å². The Hall–Kier alpha value is -1.06. The highest BCUT2D eigenvalue weighted by Crippen LogP contribution is 2.28. The van der Waals surface area contributed by atoms with Crippen molar-refractivity contribution in [1.82, 2.24) is 10.2 Å². The second kappa shape index (κ2) is 5.38. The molecule has 3 heteroatoms. The fourth-order valence-electron chi connectivity index (χ4n) is 2.96. The third-order valence-electron chi connectivity index (χ3n) is 4.81. The summed E-state index contributed by atoms with van der Waals surface area (Å²) in [4.78, 5) is 5.03. The zero-order valence-corrected chi connectivity index (χ0v) is 13.0. The molecule has 1 heterocycles. The van der Waals surface area contributed by atoms with E-state index in [1.54, 1.807) is 0 Å². The molecule has 1 aromatic rings. The Morgan fingerprint density at radius 1 is 1.20 bits per heavy atom. The zero-order valence-electron chi connectivity index (χ0n) is 13.0. The normalized spacial score (nSPS) is 23.1. The number of nitrogens with zero attached hydrogens (tertiary/aromatic N) is 2. The van der Waals surface area contributed by atoms with Crippen molar-refractivity contribution in [3.8, 4) is 0 Å². The topological polar surface area (TPSA) is 18.5 Å². The Bertz CT molecular complexity index is 465. The van der Waals surface area contributed by atoms with Gasteiger partial charge in [0.05, 0.1) is 0 Å². The molecule has 1 saturated carbocycles. The lowest BCUT2D eigenvalue weighted by atomic mass is 9.98. The van der Waals surface area contributed by atoms with Gasteiger partial charge in [-0.2, -0.15) is 0 Å². The summed E-state index contributed by atoms with van der Waals surface area (Å²) in [7, 11) is 2.23. The molecule has 2 fully saturated rings. The van der Waals surface area contributed by atoms with Crippen LogP contribution in [0.15, 0.2) is 24.3 Å². The van der Waals surface area contributed by atoms with Crippen LogP contribution in [-0.2, 0) is 6.54 Å². The van der Waals surface area contributed by atoms with Gasteiger partial charge in [-0.25, -0.2) is 0 Å². The average molecular weight is 273 g/mol. The van der Waals surface area contributed by atoms with Gasteiger partial charge in [0.2, 0.25) is 0 Å². The largest absolute Gasteiger partial charge is 0.368 e. The highest BCUT2D eigenvalue weighted by Gasteiger charge is 2.31. The molecule has 0 spiro atoms. The van der Waals surface area contributed by atoms with Crippen LogP contribution in [-0.4, -0.2) is 43.2 Å². The number of nitrogens with one attached hydrogen (secondary N) is 1. The molecule has 0 radical (unpaired) electrons. The first-order valence-corrected chi connectivity index (χ1v) is 7.84. The van der Waals surface area contributed by atoms with Crippen molar-refractivity contribution >= 4 is 5.69 Å². The number of likely N-dealkylation sites (N-methyl/N-ethyl adjacent to an activating group) is 1. The monoisotopic (exact) mass is 273 g/mol. The lowest BCUT2D eigenvalue weighted by Gasteiger charge is -2.46. The highest BCUT2D eigenvalue weighted by molar-refractivity contribution is 5.54. The summed E-state index contributed by atoms with van der Waals surface area (Å²) >= 11 is 0. The Labute approximate surface area is 123 Å². The van der Waals surface area contributed by atoms with Crippen LogP contribution in [0.3, 0.4) is 0 Å². The minimum atomic E-state index is 0.245. The van der Waals surface area contributed by atoms with Gasteiger partial charge in [-0.1, -0.05) is 18.2 Å². The van der Waals surface area contributed by atoms with E-state index in [-0.39, 0.29) is 5.54 Å². The maximum absolute atomic E-state index is 3.64. The molecule has 20 heavy (non-hydrogen) atoms. The van der Waals surface area contributed by atoms with Crippen molar-refractivity contribution in [1.29, 1.82) is 0 Å². The molecule has 1 aliphatic carbocycles. The first-order valence-electron chi connectivity index (χ1n) is 7.84. The van der Waals surface area contributed by atoms with Crippen molar-refractivity contribution in [2.45, 2.75) is 44.8 Å². The average Bonchev–Trinajstić information content (AvgIpc) is 3.24. The van der Waals surface area contributed by atoms with E-state index in [9.17, 15) is 0 Å². The summed E-state index contributed by atoms with van der Waals surface area (Å²) < 4.78 is 0. The second-order valence-corrected chi connectivity index (χ2v) is 6.94. The van der Waals surface area contributed by atoms with E-state index in [0.717, 1.165) is 32.2 Å². The van der Waals surface area contributed by atoms with E-state index in [4.69, 9.17) is 0 Å². The molecule has 1 aliphatic heterocycles. The van der Waals surface area contributed by atoms with E-state index in [1.165, 1.54) is 24.1 Å². The van der Waals surface area contributed by atoms with Crippen LogP contribution in [0.25, 0.3) is 0 Å². The first-order chi connectivity index (χ1) is 9.56. The highest BCUT2D eigenvalue weighted by atomic mass is 15.3. The van der Waals surface area contributed by atoms with Gasteiger partial charge >= 0.3 is 0 Å². The summed E-state index contributed by atoms with van der Waals surface area (Å²) in [5.74, 6) is 0. The second-order valence-electron chi connectivity index (χ2n) is 6.94. The molecular formula is C17H27N3. The zero-order chi connectivity index (χ0) is 14.2. The standard InChI is InChI=1S/C17H27N3/c1-17(2)13-20(11-10-19(17)3)16-7-5-4-6-14(16)12-18-15-8-9-15/h4-7,15,18H,8-13H2,1-3H3. The van der Waals surface area contributed by atoms with E-state index in [2.05, 4.69) is 60.3 Å². The molecule has 1 N–H and O–H groups in total. The molecule has 0 amide bonds. The van der Waals surface area contributed by atoms with Crippen molar-refractivity contribution in [2.24, 2.45) is 0 Å². The van der Waals surface area contributed by atoms with Crippen molar-refractivity contribution in [3.05, 3.63) is 29.8 Å². The SMILES string of the molecule is CN1CCN(c2ccccc2CNC2CC2)CC1(C)C. The van der Waals surface area contributed by atoms with E-state index < -0.39 is 0 Å². The third kappa shape index (κ3) is 2.99. The number of rotatable bonds is 4. The summed E-state index contributed by atoms with van der Waals surface area (Å²) in [6, 6.07) is 9.66. The summed E-state index contributed by atoms with van der Waals surface area (Å²) in [6.07, 6.45) is 2.70. The number of hydrogen-bond acceptors (Lipinski definition) is 3. The summed E-state index contributed by atoms with van der Waals surface area (Å²) in [6.45, 7) is 9.05. The third-order valence-corrected chi connectivity index (χ3v) is 4.81. The van der Waals surface area contributed by atoms with Crippen molar-refractivity contribution < 1.29 is 0 Å². The molecule has 110 valence electrons. The van der Waals surface area contributed by atoms with E-state index >= 15 is 0 Å². The molecule has 2 aliphatic rings. The Morgan fingerprint density at radius 3 is 2.65 bits per heavy atom. The first kappa shape index (κ1) is 13.9. The molecule has 0 bridgehead atoms. The van der Waals surface area contributed by atoms with Gasteiger partial charge in [-0.05, 0) is 45.4 Å². The molecular weight excluding hydrogens is 246 g/mol. The van der Waals surface area contributed by atoms with Crippen LogP contribution in [0.2, 0.25) is 0 Å². The van der Waals surface area contributed by atoms with Crippen LogP contribution in [0.4, 0.5) is 5.69 Å². The smallest absolute Gasteiger partial charge is 0.0412 e. The van der Waals surface area contributed by atoms with Gasteiger partial charge < -0.3 is 10.2 Å². The van der Waals surface area contributed by atoms with Gasteiger partial charge in [0, 0.05) is 43.4 Å². The predicted octanol–water partition coefficient (Wildman–Crippen LogP) is 2.47. The number of para-hydroxylation sites is 1. The maximum atomic E-state index is 3.64. The Kier molecular flexibility index (Phi) is 3.74. The summed E-state index contributed by atoms with van der Waals surface area (Å²) in [5, 5.41) is 3.64. The number of benzene rings is 1. The molecule has 3 rings (SSSR count). The van der Waals surface area contributed by atoms with Crippen molar-refractivity contribution in [2.75, 3.05) is 31.6 Å². The molecule has 3 nitrogen and oxygen atoms in total. The number of anilines is 1. The molecule has 1 saturated heterocycles. The van der Waals surface area contributed by atoms with Crippen LogP contribution in [0.5, 0.6) is 0 Å². The minimum absolute atomic E-state index is 0.245. The molecule has 0 unspecified atom stereocenters. The summed E-state index contributed by atoms with van der Waals surface area (Å²) in [5.41, 5.74) is 3.11. The quantitative estimate of drug-likeness (QED) is 0.909. The Morgan fingerprint density at radius 2 is 1.95 bits per heavy atom. The van der Waals surface area contributed by atoms with Gasteiger partial charge in [-0.15, -0.1) is 0 Å². The predicted molar refractivity (Wildman–Crippen MR) is 85.2 cm³/mol. The number of hydrogen-bond donors (Lipinski definition) is 1. The van der Waals surface area contributed by atoms with E-state index in [1.807, 2.05) is 0 Å². The molecule has 1 aromatic carbocycles.